The van der Waals surface area contributed by atoms with E-state index in [4.69, 9.17) is 4.74 Å². The number of ether oxygens (including phenoxy) is 1. The fraction of sp³-hybridized carbons (Fsp3) is 0.481. The van der Waals surface area contributed by atoms with Crippen molar-refractivity contribution in [1.82, 2.24) is 10.2 Å². The number of rotatable bonds is 11. The topological polar surface area (TPSA) is 58.6 Å². The van der Waals surface area contributed by atoms with Crippen LogP contribution in [0.5, 0.6) is 5.75 Å². The fourth-order valence-electron chi connectivity index (χ4n) is 3.48. The average molecular weight is 439 g/mol. The molecule has 0 heterocycles. The first-order valence-electron chi connectivity index (χ1n) is 11.6. The number of nitrogens with one attached hydrogen (secondary N) is 1. The molecular weight excluding hydrogens is 400 g/mol. The summed E-state index contributed by atoms with van der Waals surface area (Å²) in [5, 5.41) is 3.01. The Labute approximate surface area is 193 Å². The first kappa shape index (κ1) is 25.4. The van der Waals surface area contributed by atoms with Crippen molar-refractivity contribution in [2.45, 2.75) is 78.4 Å². The highest BCUT2D eigenvalue weighted by molar-refractivity contribution is 5.87. The summed E-state index contributed by atoms with van der Waals surface area (Å²) in [5.74, 6) is 1.05. The molecule has 174 valence electrons. The minimum atomic E-state index is -0.564. The van der Waals surface area contributed by atoms with Crippen molar-refractivity contribution < 1.29 is 14.3 Å². The molecule has 5 nitrogen and oxygen atoms in total. The van der Waals surface area contributed by atoms with Gasteiger partial charge in [-0.15, -0.1) is 0 Å². The van der Waals surface area contributed by atoms with Crippen molar-refractivity contribution >= 4 is 11.8 Å². The van der Waals surface area contributed by atoms with Crippen LogP contribution in [-0.4, -0.2) is 35.9 Å². The number of methoxy groups -OCH3 is 1. The van der Waals surface area contributed by atoms with Gasteiger partial charge in [-0.1, -0.05) is 57.2 Å². The van der Waals surface area contributed by atoms with Crippen LogP contribution in [0.1, 0.15) is 70.1 Å². The van der Waals surface area contributed by atoms with E-state index in [1.54, 1.807) is 18.9 Å². The van der Waals surface area contributed by atoms with Crippen LogP contribution in [-0.2, 0) is 22.6 Å². The van der Waals surface area contributed by atoms with Gasteiger partial charge >= 0.3 is 0 Å². The van der Waals surface area contributed by atoms with Crippen LogP contribution in [0, 0.1) is 0 Å². The van der Waals surface area contributed by atoms with E-state index in [0.29, 0.717) is 25.3 Å². The maximum Gasteiger partial charge on any atom is 0.242 e. The van der Waals surface area contributed by atoms with Crippen molar-refractivity contribution in [3.8, 4) is 5.75 Å². The van der Waals surface area contributed by atoms with E-state index in [1.165, 1.54) is 5.56 Å². The molecule has 2 atom stereocenters. The highest BCUT2D eigenvalue weighted by atomic mass is 16.5. The van der Waals surface area contributed by atoms with E-state index < -0.39 is 6.04 Å². The van der Waals surface area contributed by atoms with Gasteiger partial charge in [-0.05, 0) is 61.4 Å². The average Bonchev–Trinajstić information content (AvgIpc) is 2.80. The van der Waals surface area contributed by atoms with Crippen molar-refractivity contribution in [3.05, 3.63) is 65.2 Å². The third-order valence-corrected chi connectivity index (χ3v) is 5.93. The number of carbonyl (C=O) groups is 2. The molecule has 1 N–H and O–H groups in total. The second-order valence-corrected chi connectivity index (χ2v) is 8.76. The standard InChI is InChI=1S/C27H38N2O3/c1-7-20(4)28-27(31)21(5)29(18-23-9-8-10-25(17-23)32-6)26(30)16-13-22-11-14-24(15-12-22)19(2)3/h8-12,14-15,17,19-21H,7,13,16,18H2,1-6H3,(H,28,31)/t20-,21+/m0/s1. The predicted octanol–water partition coefficient (Wildman–Crippen LogP) is 5.08. The van der Waals surface area contributed by atoms with Crippen molar-refractivity contribution in [2.24, 2.45) is 0 Å². The summed E-state index contributed by atoms with van der Waals surface area (Å²) in [6.07, 6.45) is 1.84. The third kappa shape index (κ3) is 7.40. The minimum absolute atomic E-state index is 0.0347. The smallest absolute Gasteiger partial charge is 0.242 e. The van der Waals surface area contributed by atoms with Crippen LogP contribution in [0.3, 0.4) is 0 Å². The van der Waals surface area contributed by atoms with E-state index in [1.807, 2.05) is 38.1 Å². The zero-order chi connectivity index (χ0) is 23.7. The summed E-state index contributed by atoms with van der Waals surface area (Å²) in [4.78, 5) is 27.8. The van der Waals surface area contributed by atoms with Gasteiger partial charge in [0.05, 0.1) is 7.11 Å². The molecule has 5 heteroatoms. The van der Waals surface area contributed by atoms with Gasteiger partial charge in [-0.2, -0.15) is 0 Å². The number of carbonyl (C=O) groups excluding carboxylic acids is 2. The molecule has 0 aliphatic carbocycles. The molecule has 2 aromatic rings. The third-order valence-electron chi connectivity index (χ3n) is 5.93. The first-order chi connectivity index (χ1) is 15.2. The van der Waals surface area contributed by atoms with E-state index >= 15 is 0 Å². The lowest BCUT2D eigenvalue weighted by atomic mass is 10.00. The SMILES string of the molecule is CC[C@H](C)NC(=O)[C@@H](C)N(Cc1cccc(OC)c1)C(=O)CCc1ccc(C(C)C)cc1. The van der Waals surface area contributed by atoms with Gasteiger partial charge in [-0.3, -0.25) is 9.59 Å². The Morgan fingerprint density at radius 2 is 1.69 bits per heavy atom. The van der Waals surface area contributed by atoms with Crippen LogP contribution in [0.15, 0.2) is 48.5 Å². The summed E-state index contributed by atoms with van der Waals surface area (Å²) in [5.41, 5.74) is 3.35. The summed E-state index contributed by atoms with van der Waals surface area (Å²) in [7, 11) is 1.62. The molecule has 0 aliphatic rings. The number of nitrogens with zero attached hydrogens (tertiary/aromatic N) is 1. The van der Waals surface area contributed by atoms with Gasteiger partial charge in [-0.25, -0.2) is 0 Å². The zero-order valence-electron chi connectivity index (χ0n) is 20.4. The van der Waals surface area contributed by atoms with E-state index in [2.05, 4.69) is 43.4 Å². The van der Waals surface area contributed by atoms with Crippen LogP contribution in [0.4, 0.5) is 0 Å². The van der Waals surface area contributed by atoms with Gasteiger partial charge in [0.15, 0.2) is 0 Å². The van der Waals surface area contributed by atoms with E-state index in [9.17, 15) is 9.59 Å². The summed E-state index contributed by atoms with van der Waals surface area (Å²) in [6, 6.07) is 15.6. The normalized spacial score (nSPS) is 12.8. The highest BCUT2D eigenvalue weighted by Gasteiger charge is 2.26. The number of amides is 2. The molecule has 2 amide bonds. The van der Waals surface area contributed by atoms with Gasteiger partial charge in [0.25, 0.3) is 0 Å². The van der Waals surface area contributed by atoms with Crippen molar-refractivity contribution in [3.63, 3.8) is 0 Å². The minimum Gasteiger partial charge on any atom is -0.497 e. The molecule has 0 unspecified atom stereocenters. The Morgan fingerprint density at radius 1 is 1.00 bits per heavy atom. The van der Waals surface area contributed by atoms with E-state index in [-0.39, 0.29) is 17.9 Å². The second kappa shape index (κ2) is 12.3. The van der Waals surface area contributed by atoms with Crippen LogP contribution < -0.4 is 10.1 Å². The Balaban J connectivity index is 2.15. The summed E-state index contributed by atoms with van der Waals surface area (Å²) >= 11 is 0. The molecule has 0 aromatic heterocycles. The fourth-order valence-corrected chi connectivity index (χ4v) is 3.48. The monoisotopic (exact) mass is 438 g/mol. The van der Waals surface area contributed by atoms with Gasteiger partial charge < -0.3 is 15.0 Å². The predicted molar refractivity (Wildman–Crippen MR) is 130 cm³/mol. The van der Waals surface area contributed by atoms with Crippen molar-refractivity contribution in [2.75, 3.05) is 7.11 Å². The molecular formula is C27H38N2O3. The Bertz CT molecular complexity index is 877. The first-order valence-corrected chi connectivity index (χ1v) is 11.6. The number of aryl methyl sites for hydroxylation is 1. The largest absolute Gasteiger partial charge is 0.497 e. The second-order valence-electron chi connectivity index (χ2n) is 8.76. The molecule has 32 heavy (non-hydrogen) atoms. The van der Waals surface area contributed by atoms with Gasteiger partial charge in [0, 0.05) is 19.0 Å². The van der Waals surface area contributed by atoms with Crippen LogP contribution >= 0.6 is 0 Å². The summed E-state index contributed by atoms with van der Waals surface area (Å²) in [6.45, 7) is 10.5. The molecule has 2 rings (SSSR count). The zero-order valence-corrected chi connectivity index (χ0v) is 20.4. The lowest BCUT2D eigenvalue weighted by Crippen LogP contribution is -2.49. The van der Waals surface area contributed by atoms with Gasteiger partial charge in [0.1, 0.15) is 11.8 Å². The molecule has 0 saturated heterocycles. The maximum absolute atomic E-state index is 13.3. The molecule has 0 bridgehead atoms. The van der Waals surface area contributed by atoms with Crippen molar-refractivity contribution in [1.29, 1.82) is 0 Å². The quantitative estimate of drug-likeness (QED) is 0.532. The summed E-state index contributed by atoms with van der Waals surface area (Å²) < 4.78 is 5.32. The maximum atomic E-state index is 13.3. The molecule has 2 aromatic carbocycles. The van der Waals surface area contributed by atoms with E-state index in [0.717, 1.165) is 23.3 Å². The Kier molecular flexibility index (Phi) is 9.76. The van der Waals surface area contributed by atoms with Crippen LogP contribution in [0.2, 0.25) is 0 Å². The number of hydrogen-bond acceptors (Lipinski definition) is 3. The number of hydrogen-bond donors (Lipinski definition) is 1. The molecule has 0 aliphatic heterocycles. The molecule has 0 saturated carbocycles. The Hall–Kier alpha value is -2.82. The van der Waals surface area contributed by atoms with Gasteiger partial charge in [0.2, 0.25) is 11.8 Å². The highest BCUT2D eigenvalue weighted by Crippen LogP contribution is 2.19. The van der Waals surface area contributed by atoms with Crippen LogP contribution in [0.25, 0.3) is 0 Å². The lowest BCUT2D eigenvalue weighted by Gasteiger charge is -2.30. The molecule has 0 spiro atoms. The molecule has 0 fully saturated rings. The number of benzene rings is 2. The molecule has 0 radical (unpaired) electrons. The lowest BCUT2D eigenvalue weighted by molar-refractivity contribution is -0.140. The Morgan fingerprint density at radius 3 is 2.28 bits per heavy atom.